The smallest absolute Gasteiger partial charge is 0.120 e. The Morgan fingerprint density at radius 3 is 2.44 bits per heavy atom. The molecule has 1 aromatic rings. The minimum absolute atomic E-state index is 0.103. The van der Waals surface area contributed by atoms with Crippen molar-refractivity contribution in [2.75, 3.05) is 0 Å². The number of benzene rings is 1. The van der Waals surface area contributed by atoms with Gasteiger partial charge in [0.1, 0.15) is 11.4 Å². The van der Waals surface area contributed by atoms with Gasteiger partial charge >= 0.3 is 0 Å². The lowest BCUT2D eigenvalue weighted by molar-refractivity contribution is 0.131. The number of aryl methyl sites for hydroxylation is 1. The highest BCUT2D eigenvalue weighted by Gasteiger charge is 2.26. The summed E-state index contributed by atoms with van der Waals surface area (Å²) < 4.78 is 5.92. The van der Waals surface area contributed by atoms with Crippen LogP contribution < -0.4 is 4.74 Å². The van der Waals surface area contributed by atoms with Gasteiger partial charge < -0.3 is 4.74 Å². The number of ether oxygens (including phenoxy) is 1. The highest BCUT2D eigenvalue weighted by Crippen LogP contribution is 2.43. The first kappa shape index (κ1) is 11.5. The van der Waals surface area contributed by atoms with Crippen molar-refractivity contribution in [3.8, 4) is 5.75 Å². The molecule has 1 aliphatic carbocycles. The van der Waals surface area contributed by atoms with Gasteiger partial charge in [-0.1, -0.05) is 13.0 Å². The van der Waals surface area contributed by atoms with Gasteiger partial charge in [0.05, 0.1) is 0 Å². The first-order valence-corrected chi connectivity index (χ1v) is 6.31. The van der Waals surface area contributed by atoms with E-state index < -0.39 is 0 Å². The average Bonchev–Trinajstić information content (AvgIpc) is 2.98. The summed E-state index contributed by atoms with van der Waals surface area (Å²) in [7, 11) is 0. The largest absolute Gasteiger partial charge is 0.488 e. The van der Waals surface area contributed by atoms with Crippen LogP contribution in [0.25, 0.3) is 0 Å². The Morgan fingerprint density at radius 1 is 1.25 bits per heavy atom. The van der Waals surface area contributed by atoms with Crippen LogP contribution in [0.1, 0.15) is 57.6 Å². The molecule has 1 fully saturated rings. The van der Waals surface area contributed by atoms with Gasteiger partial charge in [0.15, 0.2) is 0 Å². The Labute approximate surface area is 98.8 Å². The molecule has 1 nitrogen and oxygen atoms in total. The third-order valence-electron chi connectivity index (χ3n) is 2.94. The van der Waals surface area contributed by atoms with Gasteiger partial charge in [-0.3, -0.25) is 0 Å². The topological polar surface area (TPSA) is 9.23 Å². The maximum absolute atomic E-state index is 5.92. The maximum Gasteiger partial charge on any atom is 0.120 e. The van der Waals surface area contributed by atoms with Crippen molar-refractivity contribution in [1.29, 1.82) is 0 Å². The van der Waals surface area contributed by atoms with Crippen molar-refractivity contribution in [3.63, 3.8) is 0 Å². The molecule has 0 aromatic heterocycles. The fraction of sp³-hybridized carbons (Fsp3) is 0.600. The number of rotatable bonds is 3. The molecule has 1 aromatic carbocycles. The van der Waals surface area contributed by atoms with E-state index in [-0.39, 0.29) is 5.60 Å². The van der Waals surface area contributed by atoms with Crippen molar-refractivity contribution < 1.29 is 4.74 Å². The number of hydrogen-bond acceptors (Lipinski definition) is 1. The Morgan fingerprint density at radius 2 is 1.94 bits per heavy atom. The minimum Gasteiger partial charge on any atom is -0.488 e. The van der Waals surface area contributed by atoms with Crippen molar-refractivity contribution in [2.24, 2.45) is 0 Å². The second-order valence-corrected chi connectivity index (χ2v) is 5.70. The van der Waals surface area contributed by atoms with E-state index in [2.05, 4.69) is 45.9 Å². The van der Waals surface area contributed by atoms with Crippen LogP contribution >= 0.6 is 0 Å². The summed E-state index contributed by atoms with van der Waals surface area (Å²) in [5, 5.41) is 0. The van der Waals surface area contributed by atoms with E-state index in [1.54, 1.807) is 0 Å². The molecule has 1 heteroatoms. The van der Waals surface area contributed by atoms with E-state index in [1.165, 1.54) is 24.0 Å². The zero-order chi connectivity index (χ0) is 11.8. The molecule has 0 unspecified atom stereocenters. The summed E-state index contributed by atoms with van der Waals surface area (Å²) in [6, 6.07) is 6.59. The van der Waals surface area contributed by atoms with E-state index in [0.717, 1.165) is 18.1 Å². The van der Waals surface area contributed by atoms with E-state index in [1.807, 2.05) is 0 Å². The molecule has 0 aliphatic heterocycles. The van der Waals surface area contributed by atoms with Crippen LogP contribution in [-0.2, 0) is 6.42 Å². The molecule has 88 valence electrons. The van der Waals surface area contributed by atoms with Crippen LogP contribution in [0, 0.1) is 0 Å². The van der Waals surface area contributed by atoms with Crippen LogP contribution in [0.15, 0.2) is 18.2 Å². The van der Waals surface area contributed by atoms with E-state index in [4.69, 9.17) is 4.74 Å². The summed E-state index contributed by atoms with van der Waals surface area (Å²) in [5.41, 5.74) is 2.90. The molecule has 0 bridgehead atoms. The normalized spacial score (nSPS) is 16.2. The third kappa shape index (κ3) is 2.78. The van der Waals surface area contributed by atoms with Crippen LogP contribution in [0.2, 0.25) is 0 Å². The first-order valence-electron chi connectivity index (χ1n) is 6.31. The lowest BCUT2D eigenvalue weighted by Gasteiger charge is -2.22. The molecule has 2 rings (SSSR count). The summed E-state index contributed by atoms with van der Waals surface area (Å²) in [6.07, 6.45) is 3.83. The summed E-state index contributed by atoms with van der Waals surface area (Å²) in [6.45, 7) is 8.51. The van der Waals surface area contributed by atoms with E-state index in [9.17, 15) is 0 Å². The number of hydrogen-bond donors (Lipinski definition) is 0. The van der Waals surface area contributed by atoms with Crippen LogP contribution in [0.3, 0.4) is 0 Å². The van der Waals surface area contributed by atoms with Crippen LogP contribution in [0.4, 0.5) is 0 Å². The Kier molecular flexibility index (Phi) is 2.96. The van der Waals surface area contributed by atoms with Gasteiger partial charge in [-0.2, -0.15) is 0 Å². The third-order valence-corrected chi connectivity index (χ3v) is 2.94. The van der Waals surface area contributed by atoms with Gasteiger partial charge in [0, 0.05) is 0 Å². The molecule has 16 heavy (non-hydrogen) atoms. The molecule has 0 N–H and O–H groups in total. The molecular formula is C15H22O. The molecular weight excluding hydrogens is 196 g/mol. The van der Waals surface area contributed by atoms with Crippen molar-refractivity contribution in [3.05, 3.63) is 29.3 Å². The zero-order valence-electron chi connectivity index (χ0n) is 10.8. The highest BCUT2D eigenvalue weighted by atomic mass is 16.5. The van der Waals surface area contributed by atoms with Gasteiger partial charge in [-0.05, 0) is 69.2 Å². The quantitative estimate of drug-likeness (QED) is 0.734. The summed E-state index contributed by atoms with van der Waals surface area (Å²) in [4.78, 5) is 0. The van der Waals surface area contributed by atoms with Crippen molar-refractivity contribution >= 4 is 0 Å². The monoisotopic (exact) mass is 218 g/mol. The lowest BCUT2D eigenvalue weighted by atomic mass is 10.0. The molecule has 1 aliphatic rings. The van der Waals surface area contributed by atoms with Gasteiger partial charge in [0.25, 0.3) is 0 Å². The predicted octanol–water partition coefficient (Wildman–Crippen LogP) is 4.30. The fourth-order valence-electron chi connectivity index (χ4n) is 2.09. The van der Waals surface area contributed by atoms with E-state index in [0.29, 0.717) is 0 Å². The van der Waals surface area contributed by atoms with Crippen LogP contribution in [0.5, 0.6) is 5.75 Å². The second-order valence-electron chi connectivity index (χ2n) is 5.70. The van der Waals surface area contributed by atoms with Crippen molar-refractivity contribution in [1.82, 2.24) is 0 Å². The SMILES string of the molecule is CCc1ccc(OC(C)(C)C)cc1C1CC1. The van der Waals surface area contributed by atoms with E-state index >= 15 is 0 Å². The molecule has 0 radical (unpaired) electrons. The standard InChI is InChI=1S/C15H22O/c1-5-11-8-9-13(16-15(2,3)4)10-14(11)12-6-7-12/h8-10,12H,5-7H2,1-4H3. The molecule has 0 heterocycles. The summed E-state index contributed by atoms with van der Waals surface area (Å²) >= 11 is 0. The maximum atomic E-state index is 5.92. The molecule has 0 amide bonds. The summed E-state index contributed by atoms with van der Waals surface area (Å²) in [5.74, 6) is 1.82. The molecule has 0 saturated heterocycles. The molecule has 0 spiro atoms. The van der Waals surface area contributed by atoms with Crippen LogP contribution in [-0.4, -0.2) is 5.60 Å². The Bertz CT molecular complexity index is 370. The van der Waals surface area contributed by atoms with Gasteiger partial charge in [0.2, 0.25) is 0 Å². The Hall–Kier alpha value is -0.980. The predicted molar refractivity (Wildman–Crippen MR) is 68.2 cm³/mol. The van der Waals surface area contributed by atoms with Gasteiger partial charge in [-0.25, -0.2) is 0 Å². The second kappa shape index (κ2) is 4.12. The average molecular weight is 218 g/mol. The Balaban J connectivity index is 2.24. The minimum atomic E-state index is -0.103. The van der Waals surface area contributed by atoms with Crippen molar-refractivity contribution in [2.45, 2.75) is 58.5 Å². The lowest BCUT2D eigenvalue weighted by Crippen LogP contribution is -2.23. The zero-order valence-corrected chi connectivity index (χ0v) is 10.8. The molecule has 0 atom stereocenters. The highest BCUT2D eigenvalue weighted by molar-refractivity contribution is 5.40. The first-order chi connectivity index (χ1) is 7.49. The van der Waals surface area contributed by atoms with Gasteiger partial charge in [-0.15, -0.1) is 0 Å². The fourth-order valence-corrected chi connectivity index (χ4v) is 2.09. The molecule has 1 saturated carbocycles.